The summed E-state index contributed by atoms with van der Waals surface area (Å²) in [6.07, 6.45) is 0. The minimum atomic E-state index is -0.120. The van der Waals surface area contributed by atoms with Crippen molar-refractivity contribution in [3.05, 3.63) is 84.4 Å². The van der Waals surface area contributed by atoms with Gasteiger partial charge in [-0.25, -0.2) is 0 Å². The van der Waals surface area contributed by atoms with Crippen molar-refractivity contribution < 1.29 is 4.79 Å². The quantitative estimate of drug-likeness (QED) is 0.530. The van der Waals surface area contributed by atoms with E-state index in [0.717, 1.165) is 59.7 Å². The second-order valence-corrected chi connectivity index (χ2v) is 8.13. The van der Waals surface area contributed by atoms with Crippen molar-refractivity contribution >= 4 is 28.2 Å². The minimum Gasteiger partial charge on any atom is -0.353 e. The van der Waals surface area contributed by atoms with Crippen molar-refractivity contribution in [2.24, 2.45) is 0 Å². The van der Waals surface area contributed by atoms with Crippen molar-refractivity contribution in [1.82, 2.24) is 15.1 Å². The first-order valence-electron chi connectivity index (χ1n) is 10.8. The highest BCUT2D eigenvalue weighted by Gasteiger charge is 2.16. The molecule has 1 N–H and O–H groups in total. The number of benzene rings is 3. The molecule has 0 aliphatic carbocycles. The summed E-state index contributed by atoms with van der Waals surface area (Å²) in [6, 6.07) is 25.4. The molecule has 5 rings (SSSR count). The number of nitrogens with one attached hydrogen (secondary N) is 1. The van der Waals surface area contributed by atoms with E-state index in [-0.39, 0.29) is 5.91 Å². The molecule has 160 valence electrons. The van der Waals surface area contributed by atoms with Gasteiger partial charge in [-0.05, 0) is 48.2 Å². The highest BCUT2D eigenvalue weighted by atomic mass is 16.1. The van der Waals surface area contributed by atoms with E-state index in [1.165, 1.54) is 0 Å². The number of aromatic nitrogens is 2. The predicted molar refractivity (Wildman–Crippen MR) is 129 cm³/mol. The second kappa shape index (κ2) is 8.77. The summed E-state index contributed by atoms with van der Waals surface area (Å²) in [5, 5.41) is 13.8. The maximum absolute atomic E-state index is 12.8. The van der Waals surface area contributed by atoms with Gasteiger partial charge < -0.3 is 15.1 Å². The monoisotopic (exact) mass is 423 g/mol. The largest absolute Gasteiger partial charge is 0.353 e. The zero-order valence-corrected chi connectivity index (χ0v) is 18.0. The number of fused-ring (bicyclic) bond motifs is 1. The van der Waals surface area contributed by atoms with Crippen LogP contribution in [0.1, 0.15) is 10.4 Å². The smallest absolute Gasteiger partial charge is 0.256 e. The number of rotatable bonds is 4. The van der Waals surface area contributed by atoms with Crippen LogP contribution in [-0.4, -0.2) is 54.2 Å². The van der Waals surface area contributed by atoms with Crippen molar-refractivity contribution in [2.75, 3.05) is 43.4 Å². The Balaban J connectivity index is 1.28. The van der Waals surface area contributed by atoms with Crippen molar-refractivity contribution in [2.45, 2.75) is 0 Å². The molecule has 0 saturated carbocycles. The molecule has 3 aromatic carbocycles. The summed E-state index contributed by atoms with van der Waals surface area (Å²) in [7, 11) is 2.14. The minimum absolute atomic E-state index is 0.120. The third-order valence-corrected chi connectivity index (χ3v) is 5.95. The number of piperazine rings is 1. The Kier molecular flexibility index (Phi) is 5.52. The molecule has 1 aliphatic rings. The molecule has 0 atom stereocenters. The molecule has 2 heterocycles. The van der Waals surface area contributed by atoms with E-state index >= 15 is 0 Å². The third-order valence-electron chi connectivity index (χ3n) is 5.95. The van der Waals surface area contributed by atoms with E-state index < -0.39 is 0 Å². The molecular weight excluding hydrogens is 398 g/mol. The molecule has 0 bridgehead atoms. The molecule has 32 heavy (non-hydrogen) atoms. The van der Waals surface area contributed by atoms with Crippen LogP contribution in [-0.2, 0) is 0 Å². The lowest BCUT2D eigenvalue weighted by atomic mass is 10.0. The molecule has 1 fully saturated rings. The highest BCUT2D eigenvalue weighted by Crippen LogP contribution is 2.23. The molecule has 4 aromatic rings. The molecular formula is C26H25N5O. The Morgan fingerprint density at radius 1 is 0.812 bits per heavy atom. The molecule has 6 nitrogen and oxygen atoms in total. The van der Waals surface area contributed by atoms with Crippen LogP contribution in [0.25, 0.3) is 22.0 Å². The van der Waals surface area contributed by atoms with E-state index in [1.807, 2.05) is 78.9 Å². The summed E-state index contributed by atoms with van der Waals surface area (Å²) in [4.78, 5) is 17.4. The van der Waals surface area contributed by atoms with Crippen LogP contribution in [0, 0.1) is 0 Å². The Bertz CT molecular complexity index is 1220. The zero-order chi connectivity index (χ0) is 21.9. The van der Waals surface area contributed by atoms with Crippen LogP contribution in [0.2, 0.25) is 0 Å². The van der Waals surface area contributed by atoms with Gasteiger partial charge in [0.05, 0.1) is 5.69 Å². The average molecular weight is 424 g/mol. The van der Waals surface area contributed by atoms with Gasteiger partial charge in [0.25, 0.3) is 5.91 Å². The number of hydrogen-bond donors (Lipinski definition) is 1. The van der Waals surface area contributed by atoms with Gasteiger partial charge in [0.15, 0.2) is 5.82 Å². The lowest BCUT2D eigenvalue weighted by molar-refractivity contribution is 0.102. The summed E-state index contributed by atoms with van der Waals surface area (Å²) in [5.74, 6) is 0.798. The Labute approximate surface area is 187 Å². The molecule has 1 amide bonds. The summed E-state index contributed by atoms with van der Waals surface area (Å²) >= 11 is 0. The van der Waals surface area contributed by atoms with Crippen molar-refractivity contribution in [3.63, 3.8) is 0 Å². The van der Waals surface area contributed by atoms with Crippen LogP contribution < -0.4 is 10.2 Å². The molecule has 1 aliphatic heterocycles. The average Bonchev–Trinajstić information content (AvgIpc) is 2.85. The number of nitrogens with zero attached hydrogens (tertiary/aromatic N) is 4. The van der Waals surface area contributed by atoms with Crippen LogP contribution in [0.4, 0.5) is 11.5 Å². The lowest BCUT2D eigenvalue weighted by Gasteiger charge is -2.32. The van der Waals surface area contributed by atoms with Gasteiger partial charge in [-0.2, -0.15) is 0 Å². The van der Waals surface area contributed by atoms with Crippen molar-refractivity contribution in [3.8, 4) is 11.3 Å². The topological polar surface area (TPSA) is 61.4 Å². The first-order valence-corrected chi connectivity index (χ1v) is 10.8. The van der Waals surface area contributed by atoms with Gasteiger partial charge in [0, 0.05) is 43.0 Å². The number of carbonyl (C=O) groups excluding carboxylic acids is 1. The highest BCUT2D eigenvalue weighted by molar-refractivity contribution is 6.12. The fraction of sp³-hybridized carbons (Fsp3) is 0.192. The zero-order valence-electron chi connectivity index (χ0n) is 18.0. The number of carbonyl (C=O) groups is 1. The lowest BCUT2D eigenvalue weighted by Crippen LogP contribution is -2.44. The summed E-state index contributed by atoms with van der Waals surface area (Å²) in [6.45, 7) is 4.01. The summed E-state index contributed by atoms with van der Waals surface area (Å²) < 4.78 is 0. The number of hydrogen-bond acceptors (Lipinski definition) is 5. The molecule has 0 radical (unpaired) electrons. The van der Waals surface area contributed by atoms with E-state index in [0.29, 0.717) is 5.56 Å². The van der Waals surface area contributed by atoms with E-state index in [2.05, 4.69) is 32.4 Å². The molecule has 1 aromatic heterocycles. The molecule has 1 saturated heterocycles. The third kappa shape index (κ3) is 4.18. The van der Waals surface area contributed by atoms with Gasteiger partial charge in [-0.3, -0.25) is 4.79 Å². The van der Waals surface area contributed by atoms with Gasteiger partial charge in [-0.1, -0.05) is 48.5 Å². The Morgan fingerprint density at radius 2 is 1.56 bits per heavy atom. The Morgan fingerprint density at radius 3 is 2.31 bits per heavy atom. The first kappa shape index (κ1) is 20.2. The molecule has 0 spiro atoms. The Hall–Kier alpha value is -3.77. The predicted octanol–water partition coefficient (Wildman–Crippen LogP) is 4.30. The summed E-state index contributed by atoms with van der Waals surface area (Å²) in [5.41, 5.74) is 3.19. The van der Waals surface area contributed by atoms with E-state index in [9.17, 15) is 4.79 Å². The van der Waals surface area contributed by atoms with Gasteiger partial charge in [0.2, 0.25) is 0 Å². The fourth-order valence-corrected chi connectivity index (χ4v) is 4.03. The second-order valence-electron chi connectivity index (χ2n) is 8.13. The van der Waals surface area contributed by atoms with Crippen LogP contribution in [0.15, 0.2) is 78.9 Å². The SMILES string of the molecule is CN1CCN(c2ccc(-c3ccc(NC(=O)c4cccc5ccccc45)cc3)nn2)CC1. The van der Waals surface area contributed by atoms with Gasteiger partial charge >= 0.3 is 0 Å². The van der Waals surface area contributed by atoms with Crippen molar-refractivity contribution in [1.29, 1.82) is 0 Å². The van der Waals surface area contributed by atoms with E-state index in [1.54, 1.807) is 0 Å². The fourth-order valence-electron chi connectivity index (χ4n) is 4.03. The number of likely N-dealkylation sites (N-methyl/N-ethyl adjacent to an activating group) is 1. The van der Waals surface area contributed by atoms with Crippen LogP contribution in [0.5, 0.6) is 0 Å². The van der Waals surface area contributed by atoms with Crippen LogP contribution >= 0.6 is 0 Å². The first-order chi connectivity index (χ1) is 15.7. The normalized spacial score (nSPS) is 14.5. The number of anilines is 2. The standard InChI is InChI=1S/C26H25N5O/c1-30-15-17-31(18-16-30)25-14-13-24(28-29-25)20-9-11-21(12-10-20)27-26(32)23-8-4-6-19-5-2-3-7-22(19)23/h2-14H,15-18H2,1H3,(H,27,32). The molecule has 6 heteroatoms. The number of amides is 1. The maximum atomic E-state index is 12.8. The van der Waals surface area contributed by atoms with Gasteiger partial charge in [-0.15, -0.1) is 10.2 Å². The molecule has 0 unspecified atom stereocenters. The van der Waals surface area contributed by atoms with Crippen LogP contribution in [0.3, 0.4) is 0 Å². The maximum Gasteiger partial charge on any atom is 0.256 e. The van der Waals surface area contributed by atoms with E-state index in [4.69, 9.17) is 0 Å². The van der Waals surface area contributed by atoms with Gasteiger partial charge in [0.1, 0.15) is 0 Å².